The maximum Gasteiger partial charge on any atom is 0.281 e. The molecule has 2 aromatic heterocycles. The van der Waals surface area contributed by atoms with Crippen LogP contribution in [-0.2, 0) is 21.5 Å². The van der Waals surface area contributed by atoms with Crippen molar-refractivity contribution in [2.45, 2.75) is 83.2 Å². The molecular weight excluding hydrogens is 806 g/mol. The topological polar surface area (TPSA) is 108 Å². The Labute approximate surface area is 343 Å². The molecule has 0 radical (unpaired) electrons. The number of amides is 2. The van der Waals surface area contributed by atoms with Crippen molar-refractivity contribution < 1.29 is 18.4 Å². The summed E-state index contributed by atoms with van der Waals surface area (Å²) in [5.74, 6) is -1.61. The predicted molar refractivity (Wildman–Crippen MR) is 223 cm³/mol. The van der Waals surface area contributed by atoms with Gasteiger partial charge in [0.2, 0.25) is 17.8 Å². The van der Waals surface area contributed by atoms with E-state index >= 15 is 8.78 Å². The molecule has 9 rings (SSSR count). The molecule has 2 amide bonds. The second-order valence-electron chi connectivity index (χ2n) is 17.2. The number of benzene rings is 3. The van der Waals surface area contributed by atoms with E-state index in [1.807, 2.05) is 30.6 Å². The number of piperazine rings is 1. The molecule has 14 heteroatoms. The molecule has 3 fully saturated rings. The van der Waals surface area contributed by atoms with Gasteiger partial charge < -0.3 is 9.80 Å². The monoisotopic (exact) mass is 850 g/mol. The molecule has 0 atom stereocenters. The molecule has 0 N–H and O–H groups in total. The lowest BCUT2D eigenvalue weighted by atomic mass is 9.85. The van der Waals surface area contributed by atoms with Crippen LogP contribution in [0.4, 0.5) is 26.1 Å². The minimum atomic E-state index is -0.886. The Morgan fingerprint density at radius 1 is 0.845 bits per heavy atom. The molecule has 58 heavy (non-hydrogen) atoms. The number of carbonyl (C=O) groups excluding carboxylic acids is 2. The smallest absolute Gasteiger partial charge is 0.281 e. The van der Waals surface area contributed by atoms with Crippen molar-refractivity contribution >= 4 is 56.0 Å². The molecule has 3 saturated heterocycles. The second-order valence-corrected chi connectivity index (χ2v) is 18.0. The summed E-state index contributed by atoms with van der Waals surface area (Å²) >= 11 is 3.58. The van der Waals surface area contributed by atoms with Crippen molar-refractivity contribution in [2.24, 2.45) is 0 Å². The van der Waals surface area contributed by atoms with Crippen LogP contribution in [0.1, 0.15) is 88.2 Å². The number of nitrogens with zero attached hydrogens (tertiary/aromatic N) is 8. The highest BCUT2D eigenvalue weighted by Gasteiger charge is 2.40. The van der Waals surface area contributed by atoms with Gasteiger partial charge in [-0.25, -0.2) is 23.6 Å². The van der Waals surface area contributed by atoms with E-state index in [1.54, 1.807) is 0 Å². The third kappa shape index (κ3) is 6.48. The molecule has 0 unspecified atom stereocenters. The summed E-state index contributed by atoms with van der Waals surface area (Å²) in [5, 5.41) is 0.583. The van der Waals surface area contributed by atoms with Crippen LogP contribution in [0.25, 0.3) is 16.6 Å². The SMILES string of the molecule is CC1(C)c2ccc(N3CCN(Cc4cnc(N5CCC(c6cc(F)c(N7C(=O)CCCC7=O)c(F)c6)CC5)nc4)C(C)(C)C3)cc2-n2c1nc(=O)c1c(Br)cccc12. The van der Waals surface area contributed by atoms with Crippen molar-refractivity contribution in [3.63, 3.8) is 0 Å². The van der Waals surface area contributed by atoms with Crippen molar-refractivity contribution in [1.82, 2.24) is 24.4 Å². The van der Waals surface area contributed by atoms with Gasteiger partial charge in [-0.15, -0.1) is 0 Å². The molecule has 4 aliphatic rings. The minimum absolute atomic E-state index is 0.0770. The van der Waals surface area contributed by atoms with Crippen LogP contribution in [0.3, 0.4) is 0 Å². The molecule has 3 aromatic carbocycles. The molecule has 4 aliphatic heterocycles. The number of hydrogen-bond acceptors (Lipinski definition) is 9. The third-order valence-electron chi connectivity index (χ3n) is 12.6. The van der Waals surface area contributed by atoms with Gasteiger partial charge in [-0.2, -0.15) is 4.98 Å². The van der Waals surface area contributed by atoms with Crippen LogP contribution in [0.5, 0.6) is 0 Å². The number of aromatic nitrogens is 4. The van der Waals surface area contributed by atoms with Crippen LogP contribution in [0.2, 0.25) is 0 Å². The van der Waals surface area contributed by atoms with Gasteiger partial charge in [0.1, 0.15) is 11.5 Å². The van der Waals surface area contributed by atoms with Gasteiger partial charge in [0.25, 0.3) is 5.56 Å². The quantitative estimate of drug-likeness (QED) is 0.162. The maximum atomic E-state index is 15.2. The predicted octanol–water partition coefficient (Wildman–Crippen LogP) is 7.38. The summed E-state index contributed by atoms with van der Waals surface area (Å²) in [7, 11) is 0. The van der Waals surface area contributed by atoms with Gasteiger partial charge in [-0.05, 0) is 116 Å². The lowest BCUT2D eigenvalue weighted by molar-refractivity contribution is -0.129. The van der Waals surface area contributed by atoms with Crippen molar-refractivity contribution in [2.75, 3.05) is 47.4 Å². The lowest BCUT2D eigenvalue weighted by Gasteiger charge is -2.48. The molecule has 0 aliphatic carbocycles. The number of halogens is 3. The number of fused-ring (bicyclic) bond motifs is 5. The van der Waals surface area contributed by atoms with Gasteiger partial charge in [-0.1, -0.05) is 12.1 Å². The number of rotatable bonds is 6. The van der Waals surface area contributed by atoms with E-state index in [0.717, 1.165) is 57.9 Å². The highest BCUT2D eigenvalue weighted by molar-refractivity contribution is 9.10. The molecule has 6 heterocycles. The standard InChI is InChI=1S/C44H45BrF2N8O3/c1-43(2)25-52(29-11-12-30-35(21-29)54-34-8-5-7-31(45)38(34)40(58)50-41(54)44(30,3)4)17-18-53(43)24-26-22-48-42(49-23-26)51-15-13-27(14-16-51)28-19-32(46)39(33(47)20-28)55-36(56)9-6-10-37(55)57/h5,7-8,11-12,19-23,27H,6,9-10,13-18,24-25H2,1-4H3. The Balaban J connectivity index is 0.846. The van der Waals surface area contributed by atoms with E-state index in [1.165, 1.54) is 12.1 Å². The van der Waals surface area contributed by atoms with Crippen LogP contribution in [-0.4, -0.2) is 74.5 Å². The summed E-state index contributed by atoms with van der Waals surface area (Å²) in [6.45, 7) is 13.2. The summed E-state index contributed by atoms with van der Waals surface area (Å²) in [6.07, 6.45) is 5.68. The highest BCUT2D eigenvalue weighted by Crippen LogP contribution is 2.45. The Hall–Kier alpha value is -5.08. The van der Waals surface area contributed by atoms with E-state index in [2.05, 4.69) is 86.1 Å². The minimum Gasteiger partial charge on any atom is -0.368 e. The number of hydrogen-bond donors (Lipinski definition) is 0. The van der Waals surface area contributed by atoms with E-state index in [-0.39, 0.29) is 29.9 Å². The normalized spacial score (nSPS) is 19.5. The molecule has 5 aromatic rings. The summed E-state index contributed by atoms with van der Waals surface area (Å²) in [6, 6.07) is 15.0. The first-order valence-electron chi connectivity index (χ1n) is 20.0. The van der Waals surface area contributed by atoms with E-state index in [9.17, 15) is 14.4 Å². The van der Waals surface area contributed by atoms with E-state index in [0.29, 0.717) is 60.7 Å². The van der Waals surface area contributed by atoms with Crippen LogP contribution in [0, 0.1) is 11.6 Å². The van der Waals surface area contributed by atoms with Crippen molar-refractivity contribution in [1.29, 1.82) is 0 Å². The largest absolute Gasteiger partial charge is 0.368 e. The molecule has 0 spiro atoms. The highest BCUT2D eigenvalue weighted by atomic mass is 79.9. The third-order valence-corrected chi connectivity index (χ3v) is 13.3. The fourth-order valence-electron chi connectivity index (χ4n) is 9.41. The average Bonchev–Trinajstić information content (AvgIpc) is 3.41. The number of piperidine rings is 2. The van der Waals surface area contributed by atoms with Gasteiger partial charge in [0.15, 0.2) is 11.6 Å². The molecule has 0 saturated carbocycles. The van der Waals surface area contributed by atoms with Crippen LogP contribution >= 0.6 is 15.9 Å². The zero-order valence-corrected chi connectivity index (χ0v) is 34.7. The zero-order valence-electron chi connectivity index (χ0n) is 33.1. The van der Waals surface area contributed by atoms with Gasteiger partial charge in [0.05, 0.1) is 22.0 Å². The fourth-order valence-corrected chi connectivity index (χ4v) is 9.93. The summed E-state index contributed by atoms with van der Waals surface area (Å²) in [5.41, 5.74) is 4.35. The Bertz CT molecular complexity index is 2510. The lowest BCUT2D eigenvalue weighted by Crippen LogP contribution is -2.59. The van der Waals surface area contributed by atoms with Crippen LogP contribution < -0.4 is 20.3 Å². The zero-order chi connectivity index (χ0) is 40.7. The Morgan fingerprint density at radius 3 is 2.21 bits per heavy atom. The molecule has 0 bridgehead atoms. The molecule has 300 valence electrons. The van der Waals surface area contributed by atoms with E-state index in [4.69, 9.17) is 9.97 Å². The summed E-state index contributed by atoms with van der Waals surface area (Å²) in [4.78, 5) is 59.6. The first-order valence-corrected chi connectivity index (χ1v) is 20.8. The molecule has 11 nitrogen and oxygen atoms in total. The first kappa shape index (κ1) is 38.4. The maximum absolute atomic E-state index is 15.2. The summed E-state index contributed by atoms with van der Waals surface area (Å²) < 4.78 is 33.4. The van der Waals surface area contributed by atoms with Crippen LogP contribution in [0.15, 0.2) is 70.2 Å². The van der Waals surface area contributed by atoms with Gasteiger partial charge >= 0.3 is 0 Å². The van der Waals surface area contributed by atoms with Crippen molar-refractivity contribution in [3.8, 4) is 5.69 Å². The number of imide groups is 1. The fraction of sp³-hybridized carbons (Fsp3) is 0.409. The Kier molecular flexibility index (Phi) is 9.50. The van der Waals surface area contributed by atoms with Crippen molar-refractivity contribution in [3.05, 3.63) is 110 Å². The molecular formula is C44H45BrF2N8O3. The number of anilines is 3. The number of carbonyl (C=O) groups is 2. The first-order chi connectivity index (χ1) is 27.7. The van der Waals surface area contributed by atoms with E-state index < -0.39 is 34.6 Å². The average molecular weight is 852 g/mol. The van der Waals surface area contributed by atoms with Gasteiger partial charge in [-0.3, -0.25) is 23.9 Å². The Morgan fingerprint density at radius 2 is 1.53 bits per heavy atom. The second kappa shape index (κ2) is 14.3. The van der Waals surface area contributed by atoms with Gasteiger partial charge in [0, 0.05) is 85.8 Å².